The predicted octanol–water partition coefficient (Wildman–Crippen LogP) is 6.79. The van der Waals surface area contributed by atoms with Gasteiger partial charge in [-0.1, -0.05) is 69.9 Å². The zero-order valence-electron chi connectivity index (χ0n) is 20.3. The number of hydrogen-bond donors (Lipinski definition) is 3. The minimum atomic E-state index is -0.701. The second-order valence-corrected chi connectivity index (χ2v) is 8.77. The van der Waals surface area contributed by atoms with Gasteiger partial charge in [-0.15, -0.1) is 0 Å². The van der Waals surface area contributed by atoms with Crippen LogP contribution in [0.4, 0.5) is 0 Å². The Balaban J connectivity index is 2.05. The summed E-state index contributed by atoms with van der Waals surface area (Å²) in [6.07, 6.45) is 7.93. The first-order valence-corrected chi connectivity index (χ1v) is 12.2. The van der Waals surface area contributed by atoms with Gasteiger partial charge in [0.25, 0.3) is 0 Å². The van der Waals surface area contributed by atoms with Gasteiger partial charge in [0.2, 0.25) is 0 Å². The van der Waals surface area contributed by atoms with Crippen molar-refractivity contribution in [2.75, 3.05) is 6.61 Å². The number of benzene rings is 3. The number of carbonyl (C=O) groups excluding carboxylic acids is 1. The van der Waals surface area contributed by atoms with Gasteiger partial charge in [0.05, 0.1) is 12.2 Å². The number of hydrogen-bond acceptors (Lipinski definition) is 5. The van der Waals surface area contributed by atoms with Crippen LogP contribution < -0.4 is 4.74 Å². The second kappa shape index (κ2) is 12.8. The van der Waals surface area contributed by atoms with Gasteiger partial charge in [-0.25, -0.2) is 4.79 Å². The molecular weight excluding hydrogens is 440 g/mol. The summed E-state index contributed by atoms with van der Waals surface area (Å²) >= 11 is 0. The van der Waals surface area contributed by atoms with Crippen LogP contribution in [0.15, 0.2) is 72.8 Å². The average molecular weight is 475 g/mol. The smallest absolute Gasteiger partial charge is 0.341 e. The van der Waals surface area contributed by atoms with Gasteiger partial charge < -0.3 is 20.1 Å². The Hall–Kier alpha value is -3.57. The van der Waals surface area contributed by atoms with Crippen molar-refractivity contribution in [3.8, 4) is 39.5 Å². The fourth-order valence-corrected chi connectivity index (χ4v) is 4.02. The molecule has 3 rings (SSSR count). The summed E-state index contributed by atoms with van der Waals surface area (Å²) in [6.45, 7) is 5.29. The molecule has 3 N–H and O–H groups in total. The Morgan fingerprint density at radius 2 is 1.34 bits per heavy atom. The highest BCUT2D eigenvalue weighted by Crippen LogP contribution is 2.39. The molecule has 0 atom stereocenters. The number of rotatable bonds is 12. The molecule has 0 aliphatic rings. The fourth-order valence-electron chi connectivity index (χ4n) is 4.02. The molecule has 0 unspecified atom stereocenters. The van der Waals surface area contributed by atoms with Crippen LogP contribution in [0.25, 0.3) is 22.3 Å². The number of aryl methyl sites for hydroxylation is 1. The van der Waals surface area contributed by atoms with Crippen molar-refractivity contribution in [3.05, 3.63) is 78.4 Å². The molecule has 0 saturated heterocycles. The van der Waals surface area contributed by atoms with Gasteiger partial charge in [-0.3, -0.25) is 0 Å². The minimum Gasteiger partial charge on any atom is -0.508 e. The molecule has 5 nitrogen and oxygen atoms in total. The summed E-state index contributed by atoms with van der Waals surface area (Å²) in [4.78, 5) is 12.5. The highest BCUT2D eigenvalue weighted by atomic mass is 16.5. The molecular formula is C30H34O5. The van der Waals surface area contributed by atoms with E-state index in [0.29, 0.717) is 11.3 Å². The van der Waals surface area contributed by atoms with Crippen LogP contribution in [0.5, 0.6) is 17.2 Å². The highest BCUT2D eigenvalue weighted by molar-refractivity contribution is 5.92. The van der Waals surface area contributed by atoms with Crippen molar-refractivity contribution in [2.45, 2.75) is 51.9 Å². The third kappa shape index (κ3) is 7.20. The lowest BCUT2D eigenvalue weighted by Gasteiger charge is -2.18. The second-order valence-electron chi connectivity index (χ2n) is 8.77. The van der Waals surface area contributed by atoms with E-state index in [1.54, 1.807) is 36.4 Å². The summed E-state index contributed by atoms with van der Waals surface area (Å²) < 4.78 is 5.68. The van der Waals surface area contributed by atoms with Gasteiger partial charge in [0, 0.05) is 5.56 Å². The first kappa shape index (κ1) is 26.0. The molecule has 0 fully saturated rings. The van der Waals surface area contributed by atoms with Crippen LogP contribution in [-0.2, 0) is 11.2 Å². The molecule has 0 aliphatic carbocycles. The maximum Gasteiger partial charge on any atom is 0.341 e. The third-order valence-electron chi connectivity index (χ3n) is 6.04. The van der Waals surface area contributed by atoms with E-state index in [9.17, 15) is 20.1 Å². The van der Waals surface area contributed by atoms with Crippen molar-refractivity contribution < 1.29 is 24.9 Å². The average Bonchev–Trinajstić information content (AvgIpc) is 2.87. The maximum atomic E-state index is 12.5. The van der Waals surface area contributed by atoms with Crippen molar-refractivity contribution in [2.24, 2.45) is 0 Å². The van der Waals surface area contributed by atoms with E-state index in [0.717, 1.165) is 41.5 Å². The minimum absolute atomic E-state index is 0.0380. The number of aliphatic hydroxyl groups excluding tert-OH is 1. The van der Waals surface area contributed by atoms with Gasteiger partial charge in [0.1, 0.15) is 17.2 Å². The summed E-state index contributed by atoms with van der Waals surface area (Å²) in [5.41, 5.74) is 4.39. The lowest BCUT2D eigenvalue weighted by Crippen LogP contribution is -2.13. The molecule has 184 valence electrons. The number of phenols is 2. The van der Waals surface area contributed by atoms with Crippen LogP contribution in [0.1, 0.15) is 51.0 Å². The molecule has 0 spiro atoms. The van der Waals surface area contributed by atoms with E-state index in [-0.39, 0.29) is 17.1 Å². The number of carbonyl (C=O) groups is 1. The molecule has 5 heteroatoms. The first-order chi connectivity index (χ1) is 16.9. The van der Waals surface area contributed by atoms with E-state index < -0.39 is 12.6 Å². The Labute approximate surface area is 207 Å². The molecule has 0 heterocycles. The molecule has 3 aromatic rings. The fraction of sp³-hybridized carbons (Fsp3) is 0.300. The zero-order valence-corrected chi connectivity index (χ0v) is 20.3. The molecule has 35 heavy (non-hydrogen) atoms. The summed E-state index contributed by atoms with van der Waals surface area (Å²) in [5, 5.41) is 28.8. The van der Waals surface area contributed by atoms with E-state index >= 15 is 0 Å². The molecule has 0 bridgehead atoms. The van der Waals surface area contributed by atoms with E-state index in [1.807, 2.05) is 24.3 Å². The van der Waals surface area contributed by atoms with Crippen LogP contribution in [-0.4, -0.2) is 27.9 Å². The number of aliphatic hydroxyl groups is 1. The SMILES string of the molecule is C=C(CO)C(=O)Oc1cc(-c2ccc(O)cc2)c(CCCCCCCC)cc1-c1ccc(O)cc1. The molecule has 0 amide bonds. The van der Waals surface area contributed by atoms with Crippen molar-refractivity contribution >= 4 is 5.97 Å². The van der Waals surface area contributed by atoms with E-state index in [1.165, 1.54) is 25.7 Å². The first-order valence-electron chi connectivity index (χ1n) is 12.2. The van der Waals surface area contributed by atoms with Crippen LogP contribution in [0, 0.1) is 0 Å². The van der Waals surface area contributed by atoms with Crippen molar-refractivity contribution in [1.82, 2.24) is 0 Å². The lowest BCUT2D eigenvalue weighted by atomic mass is 9.91. The predicted molar refractivity (Wildman–Crippen MR) is 140 cm³/mol. The Kier molecular flexibility index (Phi) is 9.50. The zero-order chi connectivity index (χ0) is 25.2. The number of aromatic hydroxyl groups is 2. The van der Waals surface area contributed by atoms with Gasteiger partial charge >= 0.3 is 5.97 Å². The molecule has 0 radical (unpaired) electrons. The molecule has 3 aromatic carbocycles. The Morgan fingerprint density at radius 3 is 1.91 bits per heavy atom. The summed E-state index contributed by atoms with van der Waals surface area (Å²) in [5.74, 6) is -0.0373. The quantitative estimate of drug-likeness (QED) is 0.116. The monoisotopic (exact) mass is 474 g/mol. The number of esters is 1. The third-order valence-corrected chi connectivity index (χ3v) is 6.04. The van der Waals surface area contributed by atoms with Gasteiger partial charge in [-0.2, -0.15) is 0 Å². The van der Waals surface area contributed by atoms with Gasteiger partial charge in [-0.05, 0) is 71.5 Å². The molecule has 0 aromatic heterocycles. The number of unbranched alkanes of at least 4 members (excludes halogenated alkanes) is 5. The van der Waals surface area contributed by atoms with Gasteiger partial charge in [0.15, 0.2) is 0 Å². The molecule has 0 aliphatic heterocycles. The maximum absolute atomic E-state index is 12.5. The number of phenolic OH excluding ortho intramolecular Hbond substituents is 2. The summed E-state index contributed by atoms with van der Waals surface area (Å²) in [7, 11) is 0. The highest BCUT2D eigenvalue weighted by Gasteiger charge is 2.18. The van der Waals surface area contributed by atoms with Crippen LogP contribution in [0.3, 0.4) is 0 Å². The van der Waals surface area contributed by atoms with Crippen molar-refractivity contribution in [1.29, 1.82) is 0 Å². The standard InChI is InChI=1S/C30H34O5/c1-3-4-5-6-7-8-9-24-18-28(23-12-16-26(33)17-13-23)29(35-30(34)21(2)20-31)19-27(24)22-10-14-25(32)15-11-22/h10-19,31-33H,2-9,20H2,1H3. The molecule has 0 saturated carbocycles. The van der Waals surface area contributed by atoms with E-state index in [2.05, 4.69) is 13.5 Å². The lowest BCUT2D eigenvalue weighted by molar-refractivity contribution is -0.130. The topological polar surface area (TPSA) is 87.0 Å². The van der Waals surface area contributed by atoms with Crippen LogP contribution >= 0.6 is 0 Å². The number of ether oxygens (including phenoxy) is 1. The van der Waals surface area contributed by atoms with E-state index in [4.69, 9.17) is 4.74 Å². The van der Waals surface area contributed by atoms with Crippen LogP contribution in [0.2, 0.25) is 0 Å². The normalized spacial score (nSPS) is 10.8. The Bertz CT molecular complexity index is 1130. The van der Waals surface area contributed by atoms with Crippen molar-refractivity contribution in [3.63, 3.8) is 0 Å². The largest absolute Gasteiger partial charge is 0.508 e. The summed E-state index contributed by atoms with van der Waals surface area (Å²) in [6, 6.07) is 17.6. The Morgan fingerprint density at radius 1 is 0.800 bits per heavy atom.